The zero-order chi connectivity index (χ0) is 13.5. The lowest BCUT2D eigenvalue weighted by atomic mass is 10.1. The van der Waals surface area contributed by atoms with Gasteiger partial charge in [0.2, 0.25) is 0 Å². The summed E-state index contributed by atoms with van der Waals surface area (Å²) in [5.41, 5.74) is 2.61. The molecule has 18 heavy (non-hydrogen) atoms. The summed E-state index contributed by atoms with van der Waals surface area (Å²) in [5, 5.41) is 9.11. The Kier molecular flexibility index (Phi) is 5.19. The van der Waals surface area contributed by atoms with Gasteiger partial charge < -0.3 is 9.64 Å². The average Bonchev–Trinajstić information content (AvgIpc) is 2.39. The zero-order valence-corrected chi connectivity index (χ0v) is 11.1. The molecule has 4 heteroatoms. The van der Waals surface area contributed by atoms with Crippen LogP contribution in [0.15, 0.2) is 18.2 Å². The number of hydrogen-bond donors (Lipinski definition) is 0. The van der Waals surface area contributed by atoms with Gasteiger partial charge in [0.05, 0.1) is 24.8 Å². The maximum absolute atomic E-state index is 11.2. The summed E-state index contributed by atoms with van der Waals surface area (Å²) in [6.07, 6.45) is 0.323. The molecule has 0 aromatic heterocycles. The standard InChI is InChI=1S/C14H18N2O2/c1-4-16(8-7-14(17)18-3)13-9-11(2)5-6-12(13)10-15/h5-6,9H,4,7-8H2,1-3H3. The van der Waals surface area contributed by atoms with Gasteiger partial charge in [-0.3, -0.25) is 4.79 Å². The van der Waals surface area contributed by atoms with E-state index in [0.717, 1.165) is 17.8 Å². The molecule has 1 aromatic rings. The second kappa shape index (κ2) is 6.65. The molecule has 0 saturated carbocycles. The van der Waals surface area contributed by atoms with Gasteiger partial charge in [0.1, 0.15) is 6.07 Å². The van der Waals surface area contributed by atoms with Crippen LogP contribution in [0, 0.1) is 18.3 Å². The second-order valence-corrected chi connectivity index (χ2v) is 4.04. The van der Waals surface area contributed by atoms with E-state index in [-0.39, 0.29) is 5.97 Å². The minimum atomic E-state index is -0.236. The second-order valence-electron chi connectivity index (χ2n) is 4.04. The molecular formula is C14H18N2O2. The van der Waals surface area contributed by atoms with Gasteiger partial charge in [-0.15, -0.1) is 0 Å². The van der Waals surface area contributed by atoms with Crippen LogP contribution in [0.4, 0.5) is 5.69 Å². The first-order valence-electron chi connectivity index (χ1n) is 5.94. The highest BCUT2D eigenvalue weighted by Gasteiger charge is 2.11. The Bertz CT molecular complexity index is 463. The molecule has 0 aliphatic rings. The summed E-state index contributed by atoms with van der Waals surface area (Å²) in [6, 6.07) is 7.88. The van der Waals surface area contributed by atoms with Crippen LogP contribution in [0.5, 0.6) is 0 Å². The smallest absolute Gasteiger partial charge is 0.307 e. The summed E-state index contributed by atoms with van der Waals surface area (Å²) in [6.45, 7) is 5.29. The van der Waals surface area contributed by atoms with Crippen LogP contribution in [0.3, 0.4) is 0 Å². The molecule has 0 spiro atoms. The third kappa shape index (κ3) is 3.49. The Morgan fingerprint density at radius 2 is 2.22 bits per heavy atom. The Labute approximate surface area is 108 Å². The predicted octanol–water partition coefficient (Wildman–Crippen LogP) is 2.26. The Morgan fingerprint density at radius 3 is 2.78 bits per heavy atom. The number of anilines is 1. The van der Waals surface area contributed by atoms with Crippen molar-refractivity contribution in [1.29, 1.82) is 5.26 Å². The fourth-order valence-electron chi connectivity index (χ4n) is 1.78. The van der Waals surface area contributed by atoms with Gasteiger partial charge in [-0.05, 0) is 31.5 Å². The van der Waals surface area contributed by atoms with Crippen LogP contribution < -0.4 is 4.90 Å². The van der Waals surface area contributed by atoms with Crippen molar-refractivity contribution in [1.82, 2.24) is 0 Å². The number of carbonyl (C=O) groups excluding carboxylic acids is 1. The fourth-order valence-corrected chi connectivity index (χ4v) is 1.78. The summed E-state index contributed by atoms with van der Waals surface area (Å²) in [4.78, 5) is 13.2. The van der Waals surface area contributed by atoms with E-state index >= 15 is 0 Å². The molecule has 0 N–H and O–H groups in total. The van der Waals surface area contributed by atoms with E-state index in [1.807, 2.05) is 36.9 Å². The Hall–Kier alpha value is -2.02. The number of aryl methyl sites for hydroxylation is 1. The first-order chi connectivity index (χ1) is 8.62. The maximum atomic E-state index is 11.2. The van der Waals surface area contributed by atoms with Gasteiger partial charge in [0.15, 0.2) is 0 Å². The van der Waals surface area contributed by atoms with Gasteiger partial charge in [-0.1, -0.05) is 6.07 Å². The molecule has 1 rings (SSSR count). The molecule has 0 heterocycles. The van der Waals surface area contributed by atoms with E-state index in [0.29, 0.717) is 18.5 Å². The lowest BCUT2D eigenvalue weighted by Gasteiger charge is -2.24. The molecule has 1 aromatic carbocycles. The number of esters is 1. The van der Waals surface area contributed by atoms with Crippen LogP contribution in [0.1, 0.15) is 24.5 Å². The predicted molar refractivity (Wildman–Crippen MR) is 70.4 cm³/mol. The maximum Gasteiger partial charge on any atom is 0.307 e. The number of nitriles is 1. The normalized spacial score (nSPS) is 9.67. The fraction of sp³-hybridized carbons (Fsp3) is 0.429. The van der Waals surface area contributed by atoms with Gasteiger partial charge in [-0.2, -0.15) is 5.26 Å². The van der Waals surface area contributed by atoms with Crippen molar-refractivity contribution >= 4 is 11.7 Å². The number of hydrogen-bond acceptors (Lipinski definition) is 4. The molecular weight excluding hydrogens is 228 g/mol. The topological polar surface area (TPSA) is 53.3 Å². The molecule has 0 radical (unpaired) electrons. The van der Waals surface area contributed by atoms with Crippen molar-refractivity contribution in [3.63, 3.8) is 0 Å². The van der Waals surface area contributed by atoms with E-state index < -0.39 is 0 Å². The van der Waals surface area contributed by atoms with Crippen LogP contribution in [-0.4, -0.2) is 26.2 Å². The number of benzene rings is 1. The van der Waals surface area contributed by atoms with Gasteiger partial charge in [-0.25, -0.2) is 0 Å². The van der Waals surface area contributed by atoms with E-state index in [4.69, 9.17) is 5.26 Å². The van der Waals surface area contributed by atoms with E-state index in [9.17, 15) is 4.79 Å². The molecule has 0 aliphatic heterocycles. The minimum absolute atomic E-state index is 0.236. The number of methoxy groups -OCH3 is 1. The highest BCUT2D eigenvalue weighted by atomic mass is 16.5. The van der Waals surface area contributed by atoms with Crippen LogP contribution in [0.2, 0.25) is 0 Å². The van der Waals surface area contributed by atoms with E-state index in [1.54, 1.807) is 0 Å². The SMILES string of the molecule is CCN(CCC(=O)OC)c1cc(C)ccc1C#N. The summed E-state index contributed by atoms with van der Waals surface area (Å²) >= 11 is 0. The zero-order valence-electron chi connectivity index (χ0n) is 11.1. The minimum Gasteiger partial charge on any atom is -0.469 e. The van der Waals surface area contributed by atoms with E-state index in [2.05, 4.69) is 10.8 Å². The molecule has 0 atom stereocenters. The van der Waals surface area contributed by atoms with Crippen molar-refractivity contribution < 1.29 is 9.53 Å². The third-order valence-electron chi connectivity index (χ3n) is 2.81. The van der Waals surface area contributed by atoms with Crippen LogP contribution in [0.25, 0.3) is 0 Å². The van der Waals surface area contributed by atoms with Crippen molar-refractivity contribution in [2.75, 3.05) is 25.1 Å². The number of rotatable bonds is 5. The highest BCUT2D eigenvalue weighted by Crippen LogP contribution is 2.21. The quantitative estimate of drug-likeness (QED) is 0.748. The molecule has 0 fully saturated rings. The molecule has 4 nitrogen and oxygen atoms in total. The van der Waals surface area contributed by atoms with Crippen LogP contribution in [-0.2, 0) is 9.53 Å². The Balaban J connectivity index is 2.91. The average molecular weight is 246 g/mol. The first-order valence-corrected chi connectivity index (χ1v) is 5.94. The number of nitrogens with zero attached hydrogens (tertiary/aromatic N) is 2. The third-order valence-corrected chi connectivity index (χ3v) is 2.81. The first kappa shape index (κ1) is 14.0. The molecule has 0 saturated heterocycles. The van der Waals surface area contributed by atoms with Crippen molar-refractivity contribution in [2.45, 2.75) is 20.3 Å². The Morgan fingerprint density at radius 1 is 1.50 bits per heavy atom. The highest BCUT2D eigenvalue weighted by molar-refractivity contribution is 5.70. The summed E-state index contributed by atoms with van der Waals surface area (Å²) in [5.74, 6) is -0.236. The van der Waals surface area contributed by atoms with Crippen molar-refractivity contribution in [2.24, 2.45) is 0 Å². The number of ether oxygens (including phenoxy) is 1. The van der Waals surface area contributed by atoms with E-state index in [1.165, 1.54) is 7.11 Å². The van der Waals surface area contributed by atoms with Gasteiger partial charge in [0.25, 0.3) is 0 Å². The van der Waals surface area contributed by atoms with Crippen molar-refractivity contribution in [3.05, 3.63) is 29.3 Å². The monoisotopic (exact) mass is 246 g/mol. The lowest BCUT2D eigenvalue weighted by molar-refractivity contribution is -0.140. The summed E-state index contributed by atoms with van der Waals surface area (Å²) in [7, 11) is 1.38. The van der Waals surface area contributed by atoms with Gasteiger partial charge in [0, 0.05) is 13.1 Å². The molecule has 0 unspecified atom stereocenters. The largest absolute Gasteiger partial charge is 0.469 e. The molecule has 0 bridgehead atoms. The summed E-state index contributed by atoms with van der Waals surface area (Å²) < 4.78 is 4.63. The molecule has 0 amide bonds. The molecule has 0 aliphatic carbocycles. The van der Waals surface area contributed by atoms with Crippen molar-refractivity contribution in [3.8, 4) is 6.07 Å². The van der Waals surface area contributed by atoms with Gasteiger partial charge >= 0.3 is 5.97 Å². The van der Waals surface area contributed by atoms with Crippen LogP contribution >= 0.6 is 0 Å². The lowest BCUT2D eigenvalue weighted by Crippen LogP contribution is -2.27. The number of carbonyl (C=O) groups is 1. The molecule has 96 valence electrons.